The van der Waals surface area contributed by atoms with Crippen LogP contribution in [0.1, 0.15) is 36.0 Å². The van der Waals surface area contributed by atoms with Crippen molar-refractivity contribution in [2.24, 2.45) is 0 Å². The van der Waals surface area contributed by atoms with Crippen LogP contribution in [0, 0.1) is 19.0 Å². The minimum absolute atomic E-state index is 0. The van der Waals surface area contributed by atoms with Gasteiger partial charge in [0.1, 0.15) is 5.58 Å². The molecule has 4 heteroatoms. The Bertz CT molecular complexity index is 1710. The first-order valence-electron chi connectivity index (χ1n) is 13.3. The third-order valence-corrected chi connectivity index (χ3v) is 5.93. The van der Waals surface area contributed by atoms with E-state index < -0.39 is 6.85 Å². The Morgan fingerprint density at radius 3 is 2.32 bits per heavy atom. The number of benzene rings is 3. The van der Waals surface area contributed by atoms with Crippen LogP contribution in [0.3, 0.4) is 0 Å². The Kier molecular flexibility index (Phi) is 6.84. The number of pyridine rings is 2. The molecular formula is C33H28IrN2O-2. The number of aryl methyl sites for hydroxylation is 1. The second kappa shape index (κ2) is 11.2. The van der Waals surface area contributed by atoms with Crippen molar-refractivity contribution in [1.29, 1.82) is 0 Å². The molecule has 6 aromatic rings. The van der Waals surface area contributed by atoms with Gasteiger partial charge in [0.05, 0.1) is 5.58 Å². The fourth-order valence-corrected chi connectivity index (χ4v) is 4.17. The molecule has 3 heterocycles. The standard InChI is InChI=1S/C21H18NO.C12H10N.Ir/c1-21(2,3)16-12-11-14(17-9-6-7-13-22-17)20-19(16)15-8-4-5-10-18(15)23-20;1-10-7-8-12(13-9-10)11-5-3-2-4-6-11;/h4-10,12-13H,1-3H3;2-5,7-9H,1H3;/q2*-1;/i;1D3;. The molecule has 0 aliphatic carbocycles. The average molecular weight is 664 g/mol. The molecule has 37 heavy (non-hydrogen) atoms. The Hall–Kier alpha value is -3.59. The number of hydrogen-bond acceptors (Lipinski definition) is 3. The predicted molar refractivity (Wildman–Crippen MR) is 148 cm³/mol. The second-order valence-electron chi connectivity index (χ2n) is 9.55. The first-order valence-corrected chi connectivity index (χ1v) is 11.8. The molecule has 187 valence electrons. The zero-order chi connectivity index (χ0) is 27.6. The van der Waals surface area contributed by atoms with Gasteiger partial charge in [0.15, 0.2) is 0 Å². The van der Waals surface area contributed by atoms with Gasteiger partial charge in [0.2, 0.25) is 0 Å². The largest absolute Gasteiger partial charge is 0.501 e. The summed E-state index contributed by atoms with van der Waals surface area (Å²) >= 11 is 0. The minimum atomic E-state index is -2.09. The molecule has 0 saturated heterocycles. The maximum absolute atomic E-state index is 7.23. The molecule has 0 atom stereocenters. The first kappa shape index (κ1) is 22.6. The normalized spacial score (nSPS) is 12.6. The smallest absolute Gasteiger partial charge is 0.120 e. The van der Waals surface area contributed by atoms with E-state index in [2.05, 4.69) is 61.1 Å². The Labute approximate surface area is 236 Å². The number of para-hydroxylation sites is 1. The van der Waals surface area contributed by atoms with E-state index in [1.165, 1.54) is 17.1 Å². The van der Waals surface area contributed by atoms with Crippen molar-refractivity contribution in [3.63, 3.8) is 0 Å². The summed E-state index contributed by atoms with van der Waals surface area (Å²) in [5.41, 5.74) is 6.70. The van der Waals surface area contributed by atoms with Gasteiger partial charge in [-0.15, -0.1) is 53.6 Å². The summed E-state index contributed by atoms with van der Waals surface area (Å²) in [5, 5.41) is 2.33. The van der Waals surface area contributed by atoms with Crippen LogP contribution in [0.25, 0.3) is 44.5 Å². The minimum Gasteiger partial charge on any atom is -0.501 e. The van der Waals surface area contributed by atoms with Gasteiger partial charge < -0.3 is 14.4 Å². The van der Waals surface area contributed by atoms with Crippen molar-refractivity contribution < 1.29 is 28.6 Å². The molecule has 0 unspecified atom stereocenters. The van der Waals surface area contributed by atoms with Gasteiger partial charge in [0, 0.05) is 42.0 Å². The van der Waals surface area contributed by atoms with Gasteiger partial charge in [-0.3, -0.25) is 0 Å². The van der Waals surface area contributed by atoms with Crippen molar-refractivity contribution in [3.05, 3.63) is 121 Å². The first-order chi connectivity index (χ1) is 18.6. The van der Waals surface area contributed by atoms with Crippen LogP contribution in [-0.2, 0) is 25.5 Å². The van der Waals surface area contributed by atoms with E-state index in [4.69, 9.17) is 8.53 Å². The summed E-state index contributed by atoms with van der Waals surface area (Å²) < 4.78 is 27.9. The Morgan fingerprint density at radius 2 is 1.65 bits per heavy atom. The van der Waals surface area contributed by atoms with Crippen molar-refractivity contribution in [1.82, 2.24) is 9.97 Å². The number of furan rings is 1. The van der Waals surface area contributed by atoms with Crippen LogP contribution >= 0.6 is 0 Å². The molecule has 0 saturated carbocycles. The molecule has 3 aromatic carbocycles. The number of fused-ring (bicyclic) bond motifs is 3. The van der Waals surface area contributed by atoms with Gasteiger partial charge >= 0.3 is 0 Å². The molecule has 6 rings (SSSR count). The molecule has 3 aromatic heterocycles. The number of hydrogen-bond donors (Lipinski definition) is 0. The van der Waals surface area contributed by atoms with E-state index in [1.807, 2.05) is 48.5 Å². The van der Waals surface area contributed by atoms with Gasteiger partial charge in [-0.05, 0) is 41.4 Å². The summed E-state index contributed by atoms with van der Waals surface area (Å²) in [6.45, 7) is 4.57. The van der Waals surface area contributed by atoms with Crippen molar-refractivity contribution in [3.8, 4) is 22.5 Å². The zero-order valence-electron chi connectivity index (χ0n) is 23.9. The molecule has 1 radical (unpaired) electrons. The molecule has 3 nitrogen and oxygen atoms in total. The Balaban J connectivity index is 0.000000192. The van der Waals surface area contributed by atoms with Crippen LogP contribution in [0.5, 0.6) is 0 Å². The molecule has 0 fully saturated rings. The molecule has 0 aliphatic rings. The second-order valence-corrected chi connectivity index (χ2v) is 9.55. The Morgan fingerprint density at radius 1 is 0.838 bits per heavy atom. The van der Waals surface area contributed by atoms with E-state index in [0.29, 0.717) is 0 Å². The SMILES string of the molecule is CC(C)(C)c1c[c-]c(-c2ccccn2)c2oc3ccccc3c12.[2H]C([2H])([2H])c1ccc(-c2[c-]cccc2)nc1.[Ir]. The quantitative estimate of drug-likeness (QED) is 0.174. The van der Waals surface area contributed by atoms with E-state index in [1.54, 1.807) is 24.4 Å². The van der Waals surface area contributed by atoms with Gasteiger partial charge in [-0.2, -0.15) is 0 Å². The molecule has 0 amide bonds. The average Bonchev–Trinajstić information content (AvgIpc) is 3.33. The molecule has 0 spiro atoms. The van der Waals surface area contributed by atoms with Crippen LogP contribution in [-0.4, -0.2) is 9.97 Å². The monoisotopic (exact) mass is 664 g/mol. The van der Waals surface area contributed by atoms with E-state index in [9.17, 15) is 0 Å². The summed E-state index contributed by atoms with van der Waals surface area (Å²) in [5.74, 6) is 0. The molecule has 0 bridgehead atoms. The van der Waals surface area contributed by atoms with E-state index >= 15 is 0 Å². The summed E-state index contributed by atoms with van der Waals surface area (Å²) in [7, 11) is 0. The van der Waals surface area contributed by atoms with Crippen molar-refractivity contribution in [2.75, 3.05) is 0 Å². The van der Waals surface area contributed by atoms with E-state index in [0.717, 1.165) is 39.1 Å². The fraction of sp³-hybridized carbons (Fsp3) is 0.152. The summed E-state index contributed by atoms with van der Waals surface area (Å²) in [6.07, 6.45) is 3.19. The maximum Gasteiger partial charge on any atom is 0.120 e. The van der Waals surface area contributed by atoms with Crippen LogP contribution < -0.4 is 0 Å². The van der Waals surface area contributed by atoms with Crippen LogP contribution in [0.15, 0.2) is 102 Å². The van der Waals surface area contributed by atoms with E-state index in [-0.39, 0.29) is 31.1 Å². The number of rotatable bonds is 2. The maximum atomic E-state index is 7.23. The molecule has 0 N–H and O–H groups in total. The third-order valence-electron chi connectivity index (χ3n) is 5.93. The van der Waals surface area contributed by atoms with Crippen molar-refractivity contribution >= 4 is 21.9 Å². The topological polar surface area (TPSA) is 38.9 Å². The number of aromatic nitrogens is 2. The molecular weight excluding hydrogens is 633 g/mol. The fourth-order valence-electron chi connectivity index (χ4n) is 4.17. The van der Waals surface area contributed by atoms with Crippen molar-refractivity contribution in [2.45, 2.75) is 33.0 Å². The van der Waals surface area contributed by atoms with Crippen LogP contribution in [0.4, 0.5) is 0 Å². The predicted octanol–water partition coefficient (Wildman–Crippen LogP) is 8.60. The zero-order valence-corrected chi connectivity index (χ0v) is 23.3. The number of nitrogens with zero attached hydrogens (tertiary/aromatic N) is 2. The van der Waals surface area contributed by atoms with Gasteiger partial charge in [-0.1, -0.05) is 74.2 Å². The molecule has 0 aliphatic heterocycles. The van der Waals surface area contributed by atoms with Gasteiger partial charge in [0.25, 0.3) is 0 Å². The third kappa shape index (κ3) is 5.72. The summed E-state index contributed by atoms with van der Waals surface area (Å²) in [4.78, 5) is 8.59. The van der Waals surface area contributed by atoms with Gasteiger partial charge in [-0.25, -0.2) is 0 Å². The van der Waals surface area contributed by atoms with Crippen LogP contribution in [0.2, 0.25) is 0 Å². The summed E-state index contributed by atoms with van der Waals surface area (Å²) in [6, 6.07) is 33.4.